The molecule has 0 bridgehead atoms. The van der Waals surface area contributed by atoms with E-state index in [4.69, 9.17) is 30.5 Å². The maximum atomic E-state index is 13.9. The first-order valence-electron chi connectivity index (χ1n) is 11.7. The lowest BCUT2D eigenvalue weighted by molar-refractivity contribution is -0.120. The molecule has 0 fully saturated rings. The van der Waals surface area contributed by atoms with E-state index in [0.717, 1.165) is 9.87 Å². The molecule has 0 aliphatic heterocycles. The van der Waals surface area contributed by atoms with Crippen molar-refractivity contribution in [1.29, 1.82) is 0 Å². The molecule has 0 heterocycles. The summed E-state index contributed by atoms with van der Waals surface area (Å²) in [4.78, 5) is 13.2. The summed E-state index contributed by atoms with van der Waals surface area (Å²) in [5.74, 6) is 0.991. The van der Waals surface area contributed by atoms with Gasteiger partial charge in [-0.2, -0.15) is 0 Å². The van der Waals surface area contributed by atoms with Crippen LogP contribution < -0.4 is 28.6 Å². The molecule has 0 aliphatic carbocycles. The lowest BCUT2D eigenvalue weighted by Crippen LogP contribution is -2.42. The Morgan fingerprint density at radius 3 is 2.08 bits per heavy atom. The zero-order chi connectivity index (χ0) is 27.9. The summed E-state index contributed by atoms with van der Waals surface area (Å²) in [5, 5.41) is 3.21. The number of amides is 1. The van der Waals surface area contributed by atoms with E-state index < -0.39 is 22.5 Å². The van der Waals surface area contributed by atoms with Crippen LogP contribution in [0.5, 0.6) is 23.0 Å². The molecule has 0 spiro atoms. The van der Waals surface area contributed by atoms with Gasteiger partial charge in [-0.25, -0.2) is 8.42 Å². The Bertz CT molecular complexity index is 1360. The molecule has 0 aliphatic rings. The Kier molecular flexibility index (Phi) is 9.71. The van der Waals surface area contributed by atoms with Crippen molar-refractivity contribution in [3.8, 4) is 23.0 Å². The third-order valence-electron chi connectivity index (χ3n) is 5.90. The van der Waals surface area contributed by atoms with E-state index in [9.17, 15) is 13.2 Å². The van der Waals surface area contributed by atoms with Crippen LogP contribution in [0.25, 0.3) is 0 Å². The van der Waals surface area contributed by atoms with Gasteiger partial charge in [-0.3, -0.25) is 9.10 Å². The van der Waals surface area contributed by atoms with E-state index in [1.807, 2.05) is 19.1 Å². The number of halogens is 1. The Morgan fingerprint density at radius 1 is 0.868 bits per heavy atom. The minimum atomic E-state index is -4.29. The second-order valence-corrected chi connectivity index (χ2v) is 10.4. The van der Waals surface area contributed by atoms with Gasteiger partial charge >= 0.3 is 0 Å². The number of rotatable bonds is 12. The largest absolute Gasteiger partial charge is 0.497 e. The summed E-state index contributed by atoms with van der Waals surface area (Å²) in [6.45, 7) is 1.40. The fourth-order valence-corrected chi connectivity index (χ4v) is 5.50. The number of nitrogens with zero attached hydrogens (tertiary/aromatic N) is 1. The van der Waals surface area contributed by atoms with E-state index in [1.54, 1.807) is 31.4 Å². The lowest BCUT2D eigenvalue weighted by Gasteiger charge is -2.27. The van der Waals surface area contributed by atoms with Crippen LogP contribution in [0.2, 0.25) is 5.02 Å². The molecule has 1 amide bonds. The number of carbonyl (C=O) groups excluding carboxylic acids is 1. The van der Waals surface area contributed by atoms with Gasteiger partial charge in [0.1, 0.15) is 18.0 Å². The van der Waals surface area contributed by atoms with Crippen molar-refractivity contribution in [1.82, 2.24) is 5.32 Å². The molecule has 0 saturated heterocycles. The van der Waals surface area contributed by atoms with Crippen molar-refractivity contribution in [2.24, 2.45) is 0 Å². The second kappa shape index (κ2) is 12.7. The van der Waals surface area contributed by atoms with Gasteiger partial charge in [0, 0.05) is 11.1 Å². The number of hydrogen-bond acceptors (Lipinski definition) is 7. The molecule has 0 aromatic heterocycles. The van der Waals surface area contributed by atoms with Crippen LogP contribution in [0.1, 0.15) is 24.9 Å². The monoisotopic (exact) mass is 562 g/mol. The zero-order valence-corrected chi connectivity index (χ0v) is 23.4. The molecule has 9 nitrogen and oxygen atoms in total. The molecule has 0 unspecified atom stereocenters. The minimum Gasteiger partial charge on any atom is -0.497 e. The number of ether oxygens (including phenoxy) is 4. The predicted molar refractivity (Wildman–Crippen MR) is 146 cm³/mol. The molecular weight excluding hydrogens is 532 g/mol. The number of hydrogen-bond donors (Lipinski definition) is 1. The first-order valence-corrected chi connectivity index (χ1v) is 13.5. The van der Waals surface area contributed by atoms with Crippen LogP contribution in [-0.2, 0) is 14.8 Å². The summed E-state index contributed by atoms with van der Waals surface area (Å²) >= 11 is 6.22. The van der Waals surface area contributed by atoms with Crippen LogP contribution in [0.4, 0.5) is 5.69 Å². The van der Waals surface area contributed by atoms with Gasteiger partial charge in [-0.05, 0) is 54.4 Å². The highest BCUT2D eigenvalue weighted by molar-refractivity contribution is 7.92. The van der Waals surface area contributed by atoms with Crippen molar-refractivity contribution in [3.05, 3.63) is 71.2 Å². The van der Waals surface area contributed by atoms with E-state index in [1.165, 1.54) is 45.6 Å². The minimum absolute atomic E-state index is 0.104. The van der Waals surface area contributed by atoms with Gasteiger partial charge in [0.2, 0.25) is 5.91 Å². The zero-order valence-electron chi connectivity index (χ0n) is 21.9. The maximum absolute atomic E-state index is 13.9. The maximum Gasteiger partial charge on any atom is 0.265 e. The number of methoxy groups -OCH3 is 4. The molecule has 38 heavy (non-hydrogen) atoms. The molecule has 3 aromatic carbocycles. The summed E-state index contributed by atoms with van der Waals surface area (Å²) in [5.41, 5.74) is 0.971. The predicted octanol–water partition coefficient (Wildman–Crippen LogP) is 4.84. The van der Waals surface area contributed by atoms with Gasteiger partial charge in [-0.15, -0.1) is 0 Å². The Balaban J connectivity index is 2.02. The highest BCUT2D eigenvalue weighted by atomic mass is 35.5. The van der Waals surface area contributed by atoms with Crippen molar-refractivity contribution in [2.75, 3.05) is 39.3 Å². The number of carbonyl (C=O) groups is 1. The van der Waals surface area contributed by atoms with Crippen LogP contribution in [0.15, 0.2) is 65.6 Å². The molecule has 0 saturated carbocycles. The average Bonchev–Trinajstić information content (AvgIpc) is 2.94. The Labute approximate surface area is 228 Å². The van der Waals surface area contributed by atoms with Crippen molar-refractivity contribution in [3.63, 3.8) is 0 Å². The van der Waals surface area contributed by atoms with Gasteiger partial charge in [0.05, 0.1) is 45.1 Å². The van der Waals surface area contributed by atoms with Gasteiger partial charge in [0.15, 0.2) is 11.5 Å². The third kappa shape index (κ3) is 6.43. The quantitative estimate of drug-likeness (QED) is 0.337. The van der Waals surface area contributed by atoms with Crippen molar-refractivity contribution < 1.29 is 32.2 Å². The average molecular weight is 563 g/mol. The fourth-order valence-electron chi connectivity index (χ4n) is 3.89. The van der Waals surface area contributed by atoms with Crippen LogP contribution in [0, 0.1) is 0 Å². The number of anilines is 1. The molecular formula is C27H31ClN2O7S. The summed E-state index contributed by atoms with van der Waals surface area (Å²) < 4.78 is 50.0. The van der Waals surface area contributed by atoms with Crippen molar-refractivity contribution >= 4 is 33.2 Å². The number of sulfonamides is 1. The standard InChI is InChI=1S/C27H31ClN2O7S/c1-6-22(18-7-10-20(34-2)11-8-18)29-27(31)17-30(23-15-19(28)9-13-24(23)35-3)38(32,33)21-12-14-25(36-4)26(16-21)37-5/h7-16,22H,6,17H2,1-5H3,(H,29,31)/t22-/m1/s1. The highest BCUT2D eigenvalue weighted by Gasteiger charge is 2.31. The molecule has 11 heteroatoms. The van der Waals surface area contributed by atoms with E-state index >= 15 is 0 Å². The number of nitrogens with one attached hydrogen (secondary N) is 1. The number of benzene rings is 3. The van der Waals surface area contributed by atoms with E-state index in [0.29, 0.717) is 17.9 Å². The van der Waals surface area contributed by atoms with Crippen LogP contribution >= 0.6 is 11.6 Å². The Hall–Kier alpha value is -3.63. The summed E-state index contributed by atoms with van der Waals surface area (Å²) in [6.07, 6.45) is 0.584. The smallest absolute Gasteiger partial charge is 0.265 e. The second-order valence-electron chi connectivity index (χ2n) is 8.15. The normalized spacial score (nSPS) is 11.8. The summed E-state index contributed by atoms with van der Waals surface area (Å²) in [7, 11) is 1.55. The summed E-state index contributed by atoms with van der Waals surface area (Å²) in [6, 6.07) is 15.7. The molecule has 3 rings (SSSR count). The lowest BCUT2D eigenvalue weighted by atomic mass is 10.0. The molecule has 3 aromatic rings. The SMILES string of the molecule is CC[C@@H](NC(=O)CN(c1cc(Cl)ccc1OC)S(=O)(=O)c1ccc(OC)c(OC)c1)c1ccc(OC)cc1. The molecule has 1 N–H and O–H groups in total. The molecule has 204 valence electrons. The van der Waals surface area contributed by atoms with Crippen LogP contribution in [0.3, 0.4) is 0 Å². The first kappa shape index (κ1) is 28.9. The highest BCUT2D eigenvalue weighted by Crippen LogP contribution is 2.37. The van der Waals surface area contributed by atoms with Gasteiger partial charge in [-0.1, -0.05) is 30.7 Å². The fraction of sp³-hybridized carbons (Fsp3) is 0.296. The van der Waals surface area contributed by atoms with E-state index in [2.05, 4.69) is 5.32 Å². The van der Waals surface area contributed by atoms with Gasteiger partial charge in [0.25, 0.3) is 10.0 Å². The molecule has 0 radical (unpaired) electrons. The first-order chi connectivity index (χ1) is 18.2. The van der Waals surface area contributed by atoms with Crippen LogP contribution in [-0.4, -0.2) is 49.3 Å². The van der Waals surface area contributed by atoms with Crippen molar-refractivity contribution in [2.45, 2.75) is 24.3 Å². The van der Waals surface area contributed by atoms with Gasteiger partial charge < -0.3 is 24.3 Å². The van der Waals surface area contributed by atoms with E-state index in [-0.39, 0.29) is 33.1 Å². The topological polar surface area (TPSA) is 103 Å². The molecule has 1 atom stereocenters. The third-order valence-corrected chi connectivity index (χ3v) is 7.89. The Morgan fingerprint density at radius 2 is 1.50 bits per heavy atom.